The fourth-order valence-corrected chi connectivity index (χ4v) is 1.68. The van der Waals surface area contributed by atoms with Crippen LogP contribution in [0.1, 0.15) is 19.4 Å². The molecule has 90 valence electrons. The van der Waals surface area contributed by atoms with Gasteiger partial charge in [0, 0.05) is 12.2 Å². The van der Waals surface area contributed by atoms with E-state index in [0.717, 1.165) is 17.8 Å². The Hall–Kier alpha value is -1.22. The van der Waals surface area contributed by atoms with Gasteiger partial charge in [-0.3, -0.25) is 0 Å². The van der Waals surface area contributed by atoms with Crippen molar-refractivity contribution in [3.05, 3.63) is 23.8 Å². The predicted octanol–water partition coefficient (Wildman–Crippen LogP) is 2.34. The van der Waals surface area contributed by atoms with Crippen molar-refractivity contribution in [2.75, 3.05) is 18.4 Å². The van der Waals surface area contributed by atoms with Gasteiger partial charge in [0.2, 0.25) is 0 Å². The van der Waals surface area contributed by atoms with Gasteiger partial charge in [-0.05, 0) is 49.1 Å². The SMILES string of the molecule is Cc1cc(O)ccc1NCC(CN)C(C)C. The lowest BCUT2D eigenvalue weighted by atomic mass is 9.96. The van der Waals surface area contributed by atoms with Crippen LogP contribution in [0.2, 0.25) is 0 Å². The summed E-state index contributed by atoms with van der Waals surface area (Å²) in [5.41, 5.74) is 7.84. The van der Waals surface area contributed by atoms with Crippen molar-refractivity contribution in [1.82, 2.24) is 0 Å². The van der Waals surface area contributed by atoms with Crippen LogP contribution in [0.5, 0.6) is 5.75 Å². The maximum absolute atomic E-state index is 9.30. The van der Waals surface area contributed by atoms with E-state index in [1.807, 2.05) is 13.0 Å². The summed E-state index contributed by atoms with van der Waals surface area (Å²) in [6, 6.07) is 5.36. The molecular weight excluding hydrogens is 200 g/mol. The summed E-state index contributed by atoms with van der Waals surface area (Å²) < 4.78 is 0. The maximum Gasteiger partial charge on any atom is 0.115 e. The summed E-state index contributed by atoms with van der Waals surface area (Å²) in [5.74, 6) is 1.37. The first-order valence-electron chi connectivity index (χ1n) is 5.78. The first-order valence-corrected chi connectivity index (χ1v) is 5.78. The Morgan fingerprint density at radius 1 is 1.38 bits per heavy atom. The number of anilines is 1. The highest BCUT2D eigenvalue weighted by atomic mass is 16.3. The third kappa shape index (κ3) is 3.42. The van der Waals surface area contributed by atoms with Crippen molar-refractivity contribution in [2.24, 2.45) is 17.6 Å². The molecule has 0 fully saturated rings. The average molecular weight is 222 g/mol. The Labute approximate surface area is 97.7 Å². The van der Waals surface area contributed by atoms with E-state index in [2.05, 4.69) is 19.2 Å². The van der Waals surface area contributed by atoms with E-state index in [9.17, 15) is 5.11 Å². The van der Waals surface area contributed by atoms with Crippen molar-refractivity contribution in [3.63, 3.8) is 0 Å². The molecule has 1 aromatic carbocycles. The lowest BCUT2D eigenvalue weighted by molar-refractivity contribution is 0.413. The largest absolute Gasteiger partial charge is 0.508 e. The zero-order valence-corrected chi connectivity index (χ0v) is 10.3. The first kappa shape index (κ1) is 12.8. The van der Waals surface area contributed by atoms with Crippen LogP contribution >= 0.6 is 0 Å². The van der Waals surface area contributed by atoms with Gasteiger partial charge in [0.1, 0.15) is 5.75 Å². The molecule has 0 saturated heterocycles. The van der Waals surface area contributed by atoms with Gasteiger partial charge in [0.15, 0.2) is 0 Å². The number of phenolic OH excluding ortho intramolecular Hbond substituents is 1. The minimum Gasteiger partial charge on any atom is -0.508 e. The zero-order valence-electron chi connectivity index (χ0n) is 10.3. The molecule has 1 aromatic rings. The normalized spacial score (nSPS) is 12.8. The van der Waals surface area contributed by atoms with E-state index >= 15 is 0 Å². The number of hydrogen-bond acceptors (Lipinski definition) is 3. The van der Waals surface area contributed by atoms with Gasteiger partial charge in [-0.1, -0.05) is 13.8 Å². The zero-order chi connectivity index (χ0) is 12.1. The Bertz CT molecular complexity index is 337. The molecule has 0 heterocycles. The molecule has 0 aliphatic heterocycles. The second-order valence-corrected chi connectivity index (χ2v) is 4.62. The fraction of sp³-hybridized carbons (Fsp3) is 0.538. The molecule has 0 aromatic heterocycles. The maximum atomic E-state index is 9.30. The summed E-state index contributed by atoms with van der Waals surface area (Å²) >= 11 is 0. The van der Waals surface area contributed by atoms with Gasteiger partial charge in [0.25, 0.3) is 0 Å². The number of hydrogen-bond donors (Lipinski definition) is 3. The number of rotatable bonds is 5. The van der Waals surface area contributed by atoms with Crippen LogP contribution in [0.25, 0.3) is 0 Å². The molecule has 1 rings (SSSR count). The van der Waals surface area contributed by atoms with E-state index in [1.54, 1.807) is 12.1 Å². The van der Waals surface area contributed by atoms with Crippen molar-refractivity contribution in [2.45, 2.75) is 20.8 Å². The second kappa shape index (κ2) is 5.75. The van der Waals surface area contributed by atoms with Gasteiger partial charge in [-0.15, -0.1) is 0 Å². The number of nitrogens with one attached hydrogen (secondary N) is 1. The quantitative estimate of drug-likeness (QED) is 0.670. The Kier molecular flexibility index (Phi) is 4.62. The van der Waals surface area contributed by atoms with Gasteiger partial charge in [-0.25, -0.2) is 0 Å². The van der Waals surface area contributed by atoms with E-state index in [-0.39, 0.29) is 0 Å². The Balaban J connectivity index is 2.60. The molecule has 0 saturated carbocycles. The second-order valence-electron chi connectivity index (χ2n) is 4.62. The number of phenols is 1. The smallest absolute Gasteiger partial charge is 0.115 e. The third-order valence-corrected chi connectivity index (χ3v) is 3.01. The molecule has 0 radical (unpaired) electrons. The van der Waals surface area contributed by atoms with Crippen molar-refractivity contribution in [1.29, 1.82) is 0 Å². The highest BCUT2D eigenvalue weighted by Gasteiger charge is 2.11. The number of nitrogens with two attached hydrogens (primary N) is 1. The van der Waals surface area contributed by atoms with Crippen LogP contribution < -0.4 is 11.1 Å². The van der Waals surface area contributed by atoms with Crippen LogP contribution in [0, 0.1) is 18.8 Å². The minimum atomic E-state index is 0.308. The van der Waals surface area contributed by atoms with Crippen LogP contribution in [-0.2, 0) is 0 Å². The van der Waals surface area contributed by atoms with Crippen molar-refractivity contribution < 1.29 is 5.11 Å². The molecule has 0 bridgehead atoms. The summed E-state index contributed by atoms with van der Waals surface area (Å²) in [4.78, 5) is 0. The molecule has 1 atom stereocenters. The van der Waals surface area contributed by atoms with Crippen LogP contribution in [-0.4, -0.2) is 18.2 Å². The molecule has 0 amide bonds. The Morgan fingerprint density at radius 2 is 2.06 bits per heavy atom. The number of aryl methyl sites for hydroxylation is 1. The predicted molar refractivity (Wildman–Crippen MR) is 68.7 cm³/mol. The highest BCUT2D eigenvalue weighted by Crippen LogP contribution is 2.21. The van der Waals surface area contributed by atoms with Crippen LogP contribution in [0.15, 0.2) is 18.2 Å². The van der Waals surface area contributed by atoms with Crippen LogP contribution in [0.4, 0.5) is 5.69 Å². The number of benzene rings is 1. The topological polar surface area (TPSA) is 58.3 Å². The number of aromatic hydroxyl groups is 1. The van der Waals surface area contributed by atoms with E-state index in [0.29, 0.717) is 24.1 Å². The summed E-state index contributed by atoms with van der Waals surface area (Å²) in [5, 5.41) is 12.7. The third-order valence-electron chi connectivity index (χ3n) is 3.01. The van der Waals surface area contributed by atoms with Gasteiger partial charge in [-0.2, -0.15) is 0 Å². The Morgan fingerprint density at radius 3 is 2.56 bits per heavy atom. The molecule has 4 N–H and O–H groups in total. The van der Waals surface area contributed by atoms with Gasteiger partial charge >= 0.3 is 0 Å². The van der Waals surface area contributed by atoms with Gasteiger partial charge in [0.05, 0.1) is 0 Å². The monoisotopic (exact) mass is 222 g/mol. The molecular formula is C13H22N2O. The molecule has 3 heteroatoms. The summed E-state index contributed by atoms with van der Waals surface area (Å²) in [6.07, 6.45) is 0. The van der Waals surface area contributed by atoms with E-state index in [4.69, 9.17) is 5.73 Å². The minimum absolute atomic E-state index is 0.308. The summed E-state index contributed by atoms with van der Waals surface area (Å²) in [6.45, 7) is 7.92. The van der Waals surface area contributed by atoms with Gasteiger partial charge < -0.3 is 16.2 Å². The van der Waals surface area contributed by atoms with Crippen molar-refractivity contribution in [3.8, 4) is 5.75 Å². The average Bonchev–Trinajstić information content (AvgIpc) is 2.21. The molecule has 16 heavy (non-hydrogen) atoms. The molecule has 0 spiro atoms. The molecule has 3 nitrogen and oxygen atoms in total. The lowest BCUT2D eigenvalue weighted by Crippen LogP contribution is -2.27. The molecule has 1 unspecified atom stereocenters. The molecule has 0 aliphatic rings. The summed E-state index contributed by atoms with van der Waals surface area (Å²) in [7, 11) is 0. The lowest BCUT2D eigenvalue weighted by Gasteiger charge is -2.20. The first-order chi connectivity index (χ1) is 7.54. The van der Waals surface area contributed by atoms with Crippen molar-refractivity contribution >= 4 is 5.69 Å². The highest BCUT2D eigenvalue weighted by molar-refractivity contribution is 5.53. The standard InChI is InChI=1S/C13H22N2O/c1-9(2)11(7-14)8-15-13-5-4-12(16)6-10(13)3/h4-6,9,11,15-16H,7-8,14H2,1-3H3. The van der Waals surface area contributed by atoms with Crippen LogP contribution in [0.3, 0.4) is 0 Å². The fourth-order valence-electron chi connectivity index (χ4n) is 1.68. The van der Waals surface area contributed by atoms with E-state index in [1.165, 1.54) is 0 Å². The van der Waals surface area contributed by atoms with E-state index < -0.39 is 0 Å². The molecule has 0 aliphatic carbocycles.